The molecule has 0 aromatic rings. The Morgan fingerprint density at radius 1 is 1.17 bits per heavy atom. The van der Waals surface area contributed by atoms with Crippen LogP contribution in [0.1, 0.15) is 39.5 Å². The van der Waals surface area contributed by atoms with E-state index < -0.39 is 22.4 Å². The van der Waals surface area contributed by atoms with Crippen molar-refractivity contribution in [1.29, 1.82) is 0 Å². The van der Waals surface area contributed by atoms with Crippen molar-refractivity contribution in [2.75, 3.05) is 18.1 Å². The highest BCUT2D eigenvalue weighted by atomic mass is 32.2. The van der Waals surface area contributed by atoms with Crippen LogP contribution in [0.3, 0.4) is 0 Å². The monoisotopic (exact) mass is 289 g/mol. The van der Waals surface area contributed by atoms with Crippen molar-refractivity contribution >= 4 is 9.84 Å². The van der Waals surface area contributed by atoms with Gasteiger partial charge in [0.05, 0.1) is 5.75 Å². The summed E-state index contributed by atoms with van der Waals surface area (Å²) in [5.41, 5.74) is 0. The largest absolute Gasteiger partial charge is 0.389 e. The maximum absolute atomic E-state index is 12.1. The van der Waals surface area contributed by atoms with Crippen LogP contribution < -0.4 is 5.32 Å². The molecule has 0 aromatic carbocycles. The first kappa shape index (κ1) is 17.7. The number of rotatable bonds is 9. The third kappa shape index (κ3) is 9.70. The predicted molar refractivity (Wildman–Crippen MR) is 66.3 cm³/mol. The topological polar surface area (TPSA) is 46.2 Å². The smallest absolute Gasteiger partial charge is 0.314 e. The van der Waals surface area contributed by atoms with Gasteiger partial charge in [0.25, 0.3) is 0 Å². The van der Waals surface area contributed by atoms with Crippen LogP contribution in [0.5, 0.6) is 0 Å². The molecule has 0 bridgehead atoms. The molecule has 7 heteroatoms. The molecule has 110 valence electrons. The zero-order valence-electron chi connectivity index (χ0n) is 10.9. The fourth-order valence-electron chi connectivity index (χ4n) is 1.67. The summed E-state index contributed by atoms with van der Waals surface area (Å²) in [5.74, 6) is 0.138. The molecule has 0 rings (SSSR count). The Hall–Kier alpha value is -0.300. The highest BCUT2D eigenvalue weighted by molar-refractivity contribution is 7.91. The molecule has 0 heterocycles. The van der Waals surface area contributed by atoms with Gasteiger partial charge in [0.15, 0.2) is 0 Å². The lowest BCUT2D eigenvalue weighted by Gasteiger charge is -2.18. The second-order valence-electron chi connectivity index (χ2n) is 4.29. The molecular weight excluding hydrogens is 267 g/mol. The fraction of sp³-hybridized carbons (Fsp3) is 1.00. The van der Waals surface area contributed by atoms with Gasteiger partial charge in [-0.15, -0.1) is 0 Å². The van der Waals surface area contributed by atoms with Crippen LogP contribution >= 0.6 is 0 Å². The van der Waals surface area contributed by atoms with Crippen LogP contribution in [-0.2, 0) is 9.84 Å². The molecule has 1 N–H and O–H groups in total. The number of nitrogens with one attached hydrogen (secondary N) is 1. The molecule has 1 unspecified atom stereocenters. The van der Waals surface area contributed by atoms with Crippen LogP contribution in [0.25, 0.3) is 0 Å². The van der Waals surface area contributed by atoms with E-state index in [1.807, 2.05) is 6.92 Å². The highest BCUT2D eigenvalue weighted by Crippen LogP contribution is 2.23. The van der Waals surface area contributed by atoms with Crippen LogP contribution in [-0.4, -0.2) is 38.7 Å². The van der Waals surface area contributed by atoms with Gasteiger partial charge in [-0.25, -0.2) is 8.42 Å². The molecule has 3 nitrogen and oxygen atoms in total. The van der Waals surface area contributed by atoms with E-state index in [-0.39, 0.29) is 24.0 Å². The van der Waals surface area contributed by atoms with Gasteiger partial charge in [0.1, 0.15) is 9.84 Å². The van der Waals surface area contributed by atoms with Crippen molar-refractivity contribution < 1.29 is 21.6 Å². The Bertz CT molecular complexity index is 315. The maximum atomic E-state index is 12.1. The van der Waals surface area contributed by atoms with E-state index in [1.165, 1.54) is 0 Å². The standard InChI is InChI=1S/C11H22F3NO2S/c1-3-15-10(7-8-11(12,13)14)6-5-9-18(16,17)4-2/h10,15H,3-9H2,1-2H3. The molecule has 0 saturated carbocycles. The van der Waals surface area contributed by atoms with Gasteiger partial charge in [0.2, 0.25) is 0 Å². The molecule has 0 aliphatic heterocycles. The molecule has 0 fully saturated rings. The average molecular weight is 289 g/mol. The molecule has 1 atom stereocenters. The summed E-state index contributed by atoms with van der Waals surface area (Å²) < 4.78 is 58.8. The third-order valence-corrected chi connectivity index (χ3v) is 4.51. The Morgan fingerprint density at radius 3 is 2.22 bits per heavy atom. The van der Waals surface area contributed by atoms with E-state index in [1.54, 1.807) is 6.92 Å². The van der Waals surface area contributed by atoms with Gasteiger partial charge in [0, 0.05) is 18.2 Å². The van der Waals surface area contributed by atoms with Crippen molar-refractivity contribution in [3.63, 3.8) is 0 Å². The molecule has 0 aromatic heterocycles. The number of alkyl halides is 3. The second kappa shape index (κ2) is 7.99. The van der Waals surface area contributed by atoms with E-state index in [2.05, 4.69) is 5.32 Å². The van der Waals surface area contributed by atoms with Crippen LogP contribution in [0.4, 0.5) is 13.2 Å². The average Bonchev–Trinajstić information content (AvgIpc) is 2.24. The third-order valence-electron chi connectivity index (χ3n) is 2.72. The predicted octanol–water partition coefficient (Wildman–Crippen LogP) is 2.52. The molecule has 0 aliphatic carbocycles. The summed E-state index contributed by atoms with van der Waals surface area (Å²) in [6, 6.07) is -0.260. The van der Waals surface area contributed by atoms with Gasteiger partial charge in [-0.3, -0.25) is 0 Å². The van der Waals surface area contributed by atoms with E-state index in [0.29, 0.717) is 19.4 Å². The van der Waals surface area contributed by atoms with E-state index in [4.69, 9.17) is 0 Å². The van der Waals surface area contributed by atoms with Gasteiger partial charge >= 0.3 is 6.18 Å². The van der Waals surface area contributed by atoms with Crippen molar-refractivity contribution in [3.8, 4) is 0 Å². The molecular formula is C11H22F3NO2S. The Morgan fingerprint density at radius 2 is 1.78 bits per heavy atom. The molecule has 0 radical (unpaired) electrons. The summed E-state index contributed by atoms with van der Waals surface area (Å²) in [6.07, 6.45) is -4.10. The number of hydrogen-bond acceptors (Lipinski definition) is 3. The van der Waals surface area contributed by atoms with E-state index in [9.17, 15) is 21.6 Å². The van der Waals surface area contributed by atoms with Gasteiger partial charge in [-0.05, 0) is 25.8 Å². The van der Waals surface area contributed by atoms with Crippen molar-refractivity contribution in [2.24, 2.45) is 0 Å². The van der Waals surface area contributed by atoms with Crippen molar-refractivity contribution in [2.45, 2.75) is 51.7 Å². The van der Waals surface area contributed by atoms with E-state index in [0.717, 1.165) is 0 Å². The zero-order chi connectivity index (χ0) is 14.2. The first-order valence-electron chi connectivity index (χ1n) is 6.20. The summed E-state index contributed by atoms with van der Waals surface area (Å²) >= 11 is 0. The summed E-state index contributed by atoms with van der Waals surface area (Å²) in [5, 5.41) is 2.96. The minimum Gasteiger partial charge on any atom is -0.314 e. The Balaban J connectivity index is 4.05. The normalized spacial score (nSPS) is 14.7. The molecule has 0 amide bonds. The quantitative estimate of drug-likeness (QED) is 0.709. The summed E-state index contributed by atoms with van der Waals surface area (Å²) in [6.45, 7) is 3.98. The lowest BCUT2D eigenvalue weighted by molar-refractivity contribution is -0.136. The maximum Gasteiger partial charge on any atom is 0.389 e. The van der Waals surface area contributed by atoms with Crippen LogP contribution in [0, 0.1) is 0 Å². The number of sulfone groups is 1. The van der Waals surface area contributed by atoms with Crippen molar-refractivity contribution in [1.82, 2.24) is 5.32 Å². The van der Waals surface area contributed by atoms with Gasteiger partial charge in [-0.1, -0.05) is 13.8 Å². The first-order chi connectivity index (χ1) is 8.20. The molecule has 0 aliphatic rings. The molecule has 0 saturated heterocycles. The minimum absolute atomic E-state index is 0.00348. The van der Waals surface area contributed by atoms with Crippen molar-refractivity contribution in [3.05, 3.63) is 0 Å². The Labute approximate surface area is 107 Å². The lowest BCUT2D eigenvalue weighted by Crippen LogP contribution is -2.31. The number of halogens is 3. The van der Waals surface area contributed by atoms with Crippen LogP contribution in [0.2, 0.25) is 0 Å². The second-order valence-corrected chi connectivity index (χ2v) is 6.76. The summed E-state index contributed by atoms with van der Waals surface area (Å²) in [4.78, 5) is 0. The van der Waals surface area contributed by atoms with Crippen LogP contribution in [0.15, 0.2) is 0 Å². The molecule has 0 spiro atoms. The number of hydrogen-bond donors (Lipinski definition) is 1. The lowest BCUT2D eigenvalue weighted by atomic mass is 10.1. The molecule has 18 heavy (non-hydrogen) atoms. The van der Waals surface area contributed by atoms with Gasteiger partial charge < -0.3 is 5.32 Å². The minimum atomic E-state index is -4.15. The van der Waals surface area contributed by atoms with Gasteiger partial charge in [-0.2, -0.15) is 13.2 Å². The fourth-order valence-corrected chi connectivity index (χ4v) is 2.56. The highest BCUT2D eigenvalue weighted by Gasteiger charge is 2.28. The van der Waals surface area contributed by atoms with E-state index >= 15 is 0 Å². The first-order valence-corrected chi connectivity index (χ1v) is 8.03. The Kier molecular flexibility index (Phi) is 7.86. The SMILES string of the molecule is CCNC(CCCS(=O)(=O)CC)CCC(F)(F)F. The summed E-state index contributed by atoms with van der Waals surface area (Å²) in [7, 11) is -3.02. The zero-order valence-corrected chi connectivity index (χ0v) is 11.7.